The lowest BCUT2D eigenvalue weighted by Crippen LogP contribution is -1.92. The molecular weight excluding hydrogens is 437 g/mol. The van der Waals surface area contributed by atoms with E-state index in [2.05, 4.69) is 42.9 Å². The van der Waals surface area contributed by atoms with E-state index < -0.39 is 0 Å². The summed E-state index contributed by atoms with van der Waals surface area (Å²) in [5.41, 5.74) is 10.2. The number of aromatic nitrogens is 1. The molecule has 3 N–H and O–H groups in total. The number of allylic oxidation sites excluding steroid dienone is 1. The number of fused-ring (bicyclic) bond motifs is 1. The number of thiol groups is 1. The molecule has 7 heteroatoms. The van der Waals surface area contributed by atoms with Crippen LogP contribution in [0.2, 0.25) is 0 Å². The third-order valence-electron chi connectivity index (χ3n) is 4.55. The predicted molar refractivity (Wildman–Crippen MR) is 137 cm³/mol. The molecule has 1 aliphatic heterocycles. The number of aliphatic hydroxyl groups is 1. The van der Waals surface area contributed by atoms with Gasteiger partial charge in [0.05, 0.1) is 22.9 Å². The summed E-state index contributed by atoms with van der Waals surface area (Å²) in [5.74, 6) is 2.31. The molecule has 4 rings (SSSR count). The van der Waals surface area contributed by atoms with Crippen molar-refractivity contribution in [3.8, 4) is 11.1 Å². The van der Waals surface area contributed by atoms with Crippen LogP contribution in [-0.4, -0.2) is 21.6 Å². The maximum atomic E-state index is 9.55. The van der Waals surface area contributed by atoms with Crippen molar-refractivity contribution in [2.75, 3.05) is 17.2 Å². The molecule has 0 saturated heterocycles. The van der Waals surface area contributed by atoms with E-state index in [0.29, 0.717) is 5.69 Å². The smallest absolute Gasteiger partial charge is 0.127 e. The second-order valence-electron chi connectivity index (χ2n) is 6.59. The number of aliphatic hydroxyl groups excluding tert-OH is 1. The Hall–Kier alpha value is -1.12. The fraction of sp³-hybridized carbons (Fsp3) is 0.318. The molecule has 0 spiro atoms. The molecule has 3 aromatic rings. The second kappa shape index (κ2) is 11.3. The van der Waals surface area contributed by atoms with Crippen molar-refractivity contribution < 1.29 is 5.11 Å². The molecule has 0 atom stereocenters. The van der Waals surface area contributed by atoms with Crippen LogP contribution in [0, 0.1) is 0 Å². The van der Waals surface area contributed by atoms with Crippen LogP contribution >= 0.6 is 45.6 Å². The largest absolute Gasteiger partial charge is 0.397 e. The number of hydrogen-bond acceptors (Lipinski definition) is 7. The van der Waals surface area contributed by atoms with Gasteiger partial charge in [-0.15, -0.1) is 34.8 Å². The van der Waals surface area contributed by atoms with Crippen molar-refractivity contribution in [3.05, 3.63) is 53.0 Å². The average molecular weight is 463 g/mol. The number of nitrogens with two attached hydrogens (primary N) is 1. The molecule has 0 amide bonds. The van der Waals surface area contributed by atoms with E-state index >= 15 is 0 Å². The van der Waals surface area contributed by atoms with Crippen molar-refractivity contribution in [1.29, 1.82) is 0 Å². The number of anilines is 1. The number of thiophene rings is 1. The molecule has 1 aromatic carbocycles. The highest BCUT2D eigenvalue weighted by atomic mass is 33.1. The normalized spacial score (nSPS) is 13.3. The Morgan fingerprint density at radius 3 is 2.66 bits per heavy atom. The molecule has 0 saturated carbocycles. The minimum absolute atomic E-state index is 0.0477. The van der Waals surface area contributed by atoms with Crippen LogP contribution in [0.15, 0.2) is 42.5 Å². The molecule has 1 aliphatic rings. The summed E-state index contributed by atoms with van der Waals surface area (Å²) in [6.07, 6.45) is 5.92. The zero-order valence-corrected chi connectivity index (χ0v) is 19.8. The van der Waals surface area contributed by atoms with Crippen LogP contribution in [0.3, 0.4) is 0 Å². The molecule has 0 fully saturated rings. The SMILES string of the molecule is CCCCSS.Nc1c(CO)sc2nc(C3=CCCS3)cc(-c3ccccc3)c12. The highest BCUT2D eigenvalue weighted by molar-refractivity contribution is 8.68. The van der Waals surface area contributed by atoms with Crippen LogP contribution in [0.1, 0.15) is 36.8 Å². The Bertz CT molecular complexity index is 966. The topological polar surface area (TPSA) is 59.1 Å². The van der Waals surface area contributed by atoms with Crippen molar-refractivity contribution in [1.82, 2.24) is 4.98 Å². The number of thioether (sulfide) groups is 1. The van der Waals surface area contributed by atoms with Gasteiger partial charge in [0.2, 0.25) is 0 Å². The van der Waals surface area contributed by atoms with Gasteiger partial charge in [-0.25, -0.2) is 4.98 Å². The molecule has 0 unspecified atom stereocenters. The molecular formula is C22H26N2OS4. The Labute approximate surface area is 190 Å². The van der Waals surface area contributed by atoms with Gasteiger partial charge >= 0.3 is 0 Å². The number of hydrogen-bond donors (Lipinski definition) is 3. The fourth-order valence-electron chi connectivity index (χ4n) is 3.06. The maximum absolute atomic E-state index is 9.55. The molecule has 0 bridgehead atoms. The quantitative estimate of drug-likeness (QED) is 0.212. The minimum atomic E-state index is -0.0477. The van der Waals surface area contributed by atoms with Crippen LogP contribution in [0.25, 0.3) is 26.2 Å². The van der Waals surface area contributed by atoms with Gasteiger partial charge in [0.15, 0.2) is 0 Å². The summed E-state index contributed by atoms with van der Waals surface area (Å²) < 4.78 is 0. The fourth-order valence-corrected chi connectivity index (χ4v) is 5.79. The predicted octanol–water partition coefficient (Wildman–Crippen LogP) is 6.88. The number of pyridine rings is 1. The Morgan fingerprint density at radius 2 is 2.07 bits per heavy atom. The van der Waals surface area contributed by atoms with Gasteiger partial charge in [-0.3, -0.25) is 0 Å². The molecule has 3 heterocycles. The standard InChI is InChI=1S/C18H16N2OS2.C4H10S2/c19-17-15(10-21)23-18-16(17)12(11-5-2-1-3-6-11)9-13(20-18)14-7-4-8-22-14;1-2-3-4-6-5/h1-3,5-7,9,21H,4,8,10,19H2;5H,2-4H2,1H3. The lowest BCUT2D eigenvalue weighted by molar-refractivity contribution is 0.286. The zero-order valence-electron chi connectivity index (χ0n) is 16.4. The van der Waals surface area contributed by atoms with Crippen molar-refractivity contribution in [2.45, 2.75) is 32.8 Å². The van der Waals surface area contributed by atoms with Gasteiger partial charge in [-0.2, -0.15) is 0 Å². The highest BCUT2D eigenvalue weighted by Gasteiger charge is 2.19. The first kappa shape index (κ1) is 22.6. The van der Waals surface area contributed by atoms with Gasteiger partial charge in [0, 0.05) is 21.8 Å². The molecule has 154 valence electrons. The number of nitrogen functional groups attached to an aromatic ring is 1. The molecule has 2 aromatic heterocycles. The Morgan fingerprint density at radius 1 is 1.28 bits per heavy atom. The number of rotatable bonds is 6. The van der Waals surface area contributed by atoms with E-state index in [1.54, 1.807) is 10.8 Å². The summed E-state index contributed by atoms with van der Waals surface area (Å²) in [7, 11) is 1.62. The third-order valence-corrected chi connectivity index (χ3v) is 7.78. The number of nitrogens with zero attached hydrogens (tertiary/aromatic N) is 1. The Balaban J connectivity index is 0.000000353. The summed E-state index contributed by atoms with van der Waals surface area (Å²) in [6.45, 7) is 2.14. The van der Waals surface area contributed by atoms with E-state index in [9.17, 15) is 5.11 Å². The van der Waals surface area contributed by atoms with Crippen LogP contribution in [0.4, 0.5) is 5.69 Å². The van der Waals surface area contributed by atoms with Crippen molar-refractivity contribution in [2.24, 2.45) is 0 Å². The zero-order chi connectivity index (χ0) is 20.6. The molecule has 0 aliphatic carbocycles. The van der Waals surface area contributed by atoms with Crippen molar-refractivity contribution >= 4 is 66.4 Å². The van der Waals surface area contributed by atoms with E-state index in [0.717, 1.165) is 44.1 Å². The lowest BCUT2D eigenvalue weighted by Gasteiger charge is -2.09. The second-order valence-corrected chi connectivity index (χ2v) is 10.3. The molecule has 29 heavy (non-hydrogen) atoms. The number of benzene rings is 1. The first-order valence-corrected chi connectivity index (χ1v) is 13.5. The Kier molecular flexibility index (Phi) is 8.81. The summed E-state index contributed by atoms with van der Waals surface area (Å²) in [5, 5.41) is 10.5. The van der Waals surface area contributed by atoms with Gasteiger partial charge in [0.1, 0.15) is 4.83 Å². The van der Waals surface area contributed by atoms with E-state index in [1.165, 1.54) is 34.8 Å². The maximum Gasteiger partial charge on any atom is 0.127 e. The summed E-state index contributed by atoms with van der Waals surface area (Å²) >= 11 is 7.30. The summed E-state index contributed by atoms with van der Waals surface area (Å²) in [4.78, 5) is 7.73. The van der Waals surface area contributed by atoms with Gasteiger partial charge < -0.3 is 10.8 Å². The summed E-state index contributed by atoms with van der Waals surface area (Å²) in [6, 6.07) is 12.4. The van der Waals surface area contributed by atoms with E-state index in [4.69, 9.17) is 10.7 Å². The first-order chi connectivity index (χ1) is 14.2. The van der Waals surface area contributed by atoms with E-state index in [-0.39, 0.29) is 6.61 Å². The van der Waals surface area contributed by atoms with Crippen molar-refractivity contribution in [3.63, 3.8) is 0 Å². The van der Waals surface area contributed by atoms with Crippen LogP contribution in [0.5, 0.6) is 0 Å². The highest BCUT2D eigenvalue weighted by Crippen LogP contribution is 2.42. The molecule has 3 nitrogen and oxygen atoms in total. The van der Waals surface area contributed by atoms with Gasteiger partial charge in [-0.05, 0) is 30.0 Å². The monoisotopic (exact) mass is 462 g/mol. The van der Waals surface area contributed by atoms with Gasteiger partial charge in [0.25, 0.3) is 0 Å². The minimum Gasteiger partial charge on any atom is -0.397 e. The average Bonchev–Trinajstić information content (AvgIpc) is 3.41. The molecule has 0 radical (unpaired) electrons. The van der Waals surface area contributed by atoms with E-state index in [1.807, 2.05) is 30.0 Å². The first-order valence-electron chi connectivity index (χ1n) is 9.67. The number of unbranched alkanes of at least 4 members (excludes halogenated alkanes) is 1. The van der Waals surface area contributed by atoms with Crippen LogP contribution in [-0.2, 0) is 6.61 Å². The van der Waals surface area contributed by atoms with Gasteiger partial charge in [-0.1, -0.05) is 60.5 Å². The third kappa shape index (κ3) is 5.52. The lowest BCUT2D eigenvalue weighted by atomic mass is 10.0. The van der Waals surface area contributed by atoms with Crippen LogP contribution < -0.4 is 5.73 Å².